The Kier molecular flexibility index (Phi) is 9.27. The van der Waals surface area contributed by atoms with Crippen LogP contribution in [-0.4, -0.2) is 35.9 Å². The fourth-order valence-electron chi connectivity index (χ4n) is 2.81. The van der Waals surface area contributed by atoms with Crippen LogP contribution < -0.4 is 10.1 Å². The van der Waals surface area contributed by atoms with Crippen LogP contribution in [0.5, 0.6) is 5.75 Å². The first-order valence-corrected chi connectivity index (χ1v) is 10.8. The number of halogens is 3. The van der Waals surface area contributed by atoms with Gasteiger partial charge in [-0.25, -0.2) is 0 Å². The molecule has 1 unspecified atom stereocenters. The summed E-state index contributed by atoms with van der Waals surface area (Å²) in [6.07, 6.45) is 0.469. The standard InChI is InChI=1S/C21H23BrCl2N2O3/c1-3-19(21(28)25-4-2)26(12-14-5-10-17(23)18(24)11-14)20(27)13-29-16-8-6-15(22)7-9-16/h5-11,19H,3-4,12-13H2,1-2H3,(H,25,28). The smallest absolute Gasteiger partial charge is 0.261 e. The summed E-state index contributed by atoms with van der Waals surface area (Å²) in [7, 11) is 0. The third-order valence-electron chi connectivity index (χ3n) is 4.25. The molecule has 0 aromatic heterocycles. The zero-order valence-electron chi connectivity index (χ0n) is 16.3. The number of ether oxygens (including phenoxy) is 1. The third-order valence-corrected chi connectivity index (χ3v) is 5.52. The minimum Gasteiger partial charge on any atom is -0.484 e. The maximum Gasteiger partial charge on any atom is 0.261 e. The molecule has 0 saturated heterocycles. The summed E-state index contributed by atoms with van der Waals surface area (Å²) < 4.78 is 6.54. The van der Waals surface area contributed by atoms with Crippen LogP contribution in [0.2, 0.25) is 10.0 Å². The van der Waals surface area contributed by atoms with E-state index >= 15 is 0 Å². The molecule has 0 aliphatic rings. The largest absolute Gasteiger partial charge is 0.484 e. The normalized spacial score (nSPS) is 11.6. The van der Waals surface area contributed by atoms with Gasteiger partial charge in [0.15, 0.2) is 6.61 Å². The Morgan fingerprint density at radius 3 is 2.38 bits per heavy atom. The molecule has 1 atom stereocenters. The SMILES string of the molecule is CCNC(=O)C(CC)N(Cc1ccc(Cl)c(Cl)c1)C(=O)COc1ccc(Br)cc1. The minimum absolute atomic E-state index is 0.182. The van der Waals surface area contributed by atoms with Crippen molar-refractivity contribution in [1.29, 1.82) is 0 Å². The van der Waals surface area contributed by atoms with E-state index in [1.165, 1.54) is 4.90 Å². The third kappa shape index (κ3) is 6.91. The van der Waals surface area contributed by atoms with Gasteiger partial charge in [0.1, 0.15) is 11.8 Å². The Labute approximate surface area is 189 Å². The van der Waals surface area contributed by atoms with Gasteiger partial charge < -0.3 is 15.0 Å². The molecule has 0 aliphatic carbocycles. The number of carbonyl (C=O) groups is 2. The average Bonchev–Trinajstić information content (AvgIpc) is 2.70. The number of hydrogen-bond acceptors (Lipinski definition) is 3. The van der Waals surface area contributed by atoms with Crippen molar-refractivity contribution < 1.29 is 14.3 Å². The maximum absolute atomic E-state index is 13.0. The molecule has 2 amide bonds. The number of hydrogen-bond donors (Lipinski definition) is 1. The topological polar surface area (TPSA) is 58.6 Å². The molecule has 0 saturated carbocycles. The van der Waals surface area contributed by atoms with Crippen LogP contribution >= 0.6 is 39.1 Å². The number of nitrogens with zero attached hydrogens (tertiary/aromatic N) is 1. The monoisotopic (exact) mass is 500 g/mol. The first-order valence-electron chi connectivity index (χ1n) is 9.25. The Morgan fingerprint density at radius 2 is 1.79 bits per heavy atom. The molecule has 0 aliphatic heterocycles. The molecule has 8 heteroatoms. The quantitative estimate of drug-likeness (QED) is 0.521. The van der Waals surface area contributed by atoms with Crippen molar-refractivity contribution in [3.8, 4) is 5.75 Å². The molecular formula is C21H23BrCl2N2O3. The average molecular weight is 502 g/mol. The Hall–Kier alpha value is -1.76. The van der Waals surface area contributed by atoms with Crippen molar-refractivity contribution in [3.63, 3.8) is 0 Å². The lowest BCUT2D eigenvalue weighted by molar-refractivity contribution is -0.142. The molecule has 5 nitrogen and oxygen atoms in total. The van der Waals surface area contributed by atoms with Gasteiger partial charge in [0, 0.05) is 17.6 Å². The molecule has 2 aromatic carbocycles. The van der Waals surface area contributed by atoms with Gasteiger partial charge in [-0.15, -0.1) is 0 Å². The van der Waals surface area contributed by atoms with Gasteiger partial charge in [-0.1, -0.05) is 52.1 Å². The van der Waals surface area contributed by atoms with E-state index in [9.17, 15) is 9.59 Å². The second kappa shape index (κ2) is 11.4. The number of carbonyl (C=O) groups excluding carboxylic acids is 2. The summed E-state index contributed by atoms with van der Waals surface area (Å²) in [6.45, 7) is 4.23. The molecule has 0 radical (unpaired) electrons. The highest BCUT2D eigenvalue weighted by atomic mass is 79.9. The van der Waals surface area contributed by atoms with E-state index in [4.69, 9.17) is 27.9 Å². The molecular weight excluding hydrogens is 479 g/mol. The van der Waals surface area contributed by atoms with Crippen molar-refractivity contribution >= 4 is 50.9 Å². The van der Waals surface area contributed by atoms with E-state index < -0.39 is 6.04 Å². The summed E-state index contributed by atoms with van der Waals surface area (Å²) in [5, 5.41) is 3.62. The van der Waals surface area contributed by atoms with Gasteiger partial charge in [-0.2, -0.15) is 0 Å². The van der Waals surface area contributed by atoms with E-state index in [2.05, 4.69) is 21.2 Å². The van der Waals surface area contributed by atoms with Crippen molar-refractivity contribution in [2.45, 2.75) is 32.9 Å². The van der Waals surface area contributed by atoms with E-state index in [0.717, 1.165) is 10.0 Å². The van der Waals surface area contributed by atoms with Gasteiger partial charge in [0.05, 0.1) is 10.0 Å². The number of benzene rings is 2. The Bertz CT molecular complexity index is 846. The lowest BCUT2D eigenvalue weighted by Gasteiger charge is -2.30. The predicted molar refractivity (Wildman–Crippen MR) is 119 cm³/mol. The highest BCUT2D eigenvalue weighted by Gasteiger charge is 2.28. The van der Waals surface area contributed by atoms with Crippen LogP contribution in [0.1, 0.15) is 25.8 Å². The number of likely N-dealkylation sites (N-methyl/N-ethyl adjacent to an activating group) is 1. The number of rotatable bonds is 9. The van der Waals surface area contributed by atoms with Crippen LogP contribution in [0.15, 0.2) is 46.9 Å². The van der Waals surface area contributed by atoms with Gasteiger partial charge >= 0.3 is 0 Å². The van der Waals surface area contributed by atoms with Crippen molar-refractivity contribution in [3.05, 3.63) is 62.5 Å². The summed E-state index contributed by atoms with van der Waals surface area (Å²) in [6, 6.07) is 11.7. The minimum atomic E-state index is -0.620. The summed E-state index contributed by atoms with van der Waals surface area (Å²) in [4.78, 5) is 27.1. The molecule has 1 N–H and O–H groups in total. The second-order valence-corrected chi connectivity index (χ2v) is 8.06. The number of amides is 2. The fourth-order valence-corrected chi connectivity index (χ4v) is 3.39. The lowest BCUT2D eigenvalue weighted by Crippen LogP contribution is -2.50. The molecule has 0 fully saturated rings. The van der Waals surface area contributed by atoms with Crippen LogP contribution in [0.3, 0.4) is 0 Å². The predicted octanol–water partition coefficient (Wildman–Crippen LogP) is 5.08. The fraction of sp³-hybridized carbons (Fsp3) is 0.333. The second-order valence-electron chi connectivity index (χ2n) is 6.33. The van der Waals surface area contributed by atoms with E-state index in [0.29, 0.717) is 28.8 Å². The Balaban J connectivity index is 2.21. The zero-order valence-corrected chi connectivity index (χ0v) is 19.4. The molecule has 2 rings (SSSR count). The van der Waals surface area contributed by atoms with Gasteiger partial charge in [-0.3, -0.25) is 9.59 Å². The van der Waals surface area contributed by atoms with Crippen LogP contribution in [0, 0.1) is 0 Å². The first kappa shape index (κ1) is 23.5. The molecule has 2 aromatic rings. The van der Waals surface area contributed by atoms with Crippen molar-refractivity contribution in [2.75, 3.05) is 13.2 Å². The number of nitrogens with one attached hydrogen (secondary N) is 1. The molecule has 0 heterocycles. The summed E-state index contributed by atoms with van der Waals surface area (Å²) in [5.41, 5.74) is 0.777. The molecule has 0 bridgehead atoms. The van der Waals surface area contributed by atoms with E-state index in [-0.39, 0.29) is 25.0 Å². The molecule has 29 heavy (non-hydrogen) atoms. The van der Waals surface area contributed by atoms with Crippen LogP contribution in [0.25, 0.3) is 0 Å². The zero-order chi connectivity index (χ0) is 21.4. The van der Waals surface area contributed by atoms with Crippen LogP contribution in [-0.2, 0) is 16.1 Å². The molecule has 156 valence electrons. The first-order chi connectivity index (χ1) is 13.8. The van der Waals surface area contributed by atoms with Crippen molar-refractivity contribution in [1.82, 2.24) is 10.2 Å². The Morgan fingerprint density at radius 1 is 1.10 bits per heavy atom. The van der Waals surface area contributed by atoms with E-state index in [1.807, 2.05) is 26.0 Å². The van der Waals surface area contributed by atoms with Crippen molar-refractivity contribution in [2.24, 2.45) is 0 Å². The van der Waals surface area contributed by atoms with Gasteiger partial charge in [-0.05, 0) is 55.3 Å². The highest BCUT2D eigenvalue weighted by Crippen LogP contribution is 2.24. The van der Waals surface area contributed by atoms with Crippen LogP contribution in [0.4, 0.5) is 0 Å². The maximum atomic E-state index is 13.0. The lowest BCUT2D eigenvalue weighted by atomic mass is 10.1. The van der Waals surface area contributed by atoms with Gasteiger partial charge in [0.2, 0.25) is 5.91 Å². The molecule has 0 spiro atoms. The highest BCUT2D eigenvalue weighted by molar-refractivity contribution is 9.10. The summed E-state index contributed by atoms with van der Waals surface area (Å²) >= 11 is 15.5. The van der Waals surface area contributed by atoms with E-state index in [1.54, 1.807) is 30.3 Å². The van der Waals surface area contributed by atoms with Gasteiger partial charge in [0.25, 0.3) is 5.91 Å². The summed E-state index contributed by atoms with van der Waals surface area (Å²) in [5.74, 6) is 0.0752.